The van der Waals surface area contributed by atoms with Crippen LogP contribution in [0.15, 0.2) is 18.2 Å². The van der Waals surface area contributed by atoms with Crippen LogP contribution in [-0.2, 0) is 6.18 Å². The summed E-state index contributed by atoms with van der Waals surface area (Å²) in [6.07, 6.45) is -0.0821. The second kappa shape index (κ2) is 5.73. The average molecular weight is 286 g/mol. The molecule has 0 aromatic heterocycles. The number of benzene rings is 1. The van der Waals surface area contributed by atoms with Gasteiger partial charge in [-0.1, -0.05) is 19.3 Å². The molecule has 0 heterocycles. The van der Waals surface area contributed by atoms with Gasteiger partial charge in [-0.15, -0.1) is 0 Å². The first kappa shape index (κ1) is 14.7. The summed E-state index contributed by atoms with van der Waals surface area (Å²) in [5.74, 6) is 0.216. The Hall–Kier alpha value is -1.72. The summed E-state index contributed by atoms with van der Waals surface area (Å²) >= 11 is 0. The predicted octanol–water partition coefficient (Wildman–Crippen LogP) is 3.56. The number of ether oxygens (including phenoxy) is 1. The highest BCUT2D eigenvalue weighted by molar-refractivity contribution is 5.96. The van der Waals surface area contributed by atoms with E-state index in [1.807, 2.05) is 0 Å². The number of hydrogen-bond donors (Lipinski definition) is 2. The van der Waals surface area contributed by atoms with Crippen LogP contribution in [0.1, 0.15) is 36.8 Å². The molecule has 1 aromatic carbocycles. The monoisotopic (exact) mass is 286 g/mol. The van der Waals surface area contributed by atoms with Crippen molar-refractivity contribution in [2.75, 3.05) is 6.61 Å². The van der Waals surface area contributed by atoms with Gasteiger partial charge in [-0.05, 0) is 30.5 Å². The minimum atomic E-state index is -4.55. The van der Waals surface area contributed by atoms with E-state index in [1.165, 1.54) is 31.4 Å². The summed E-state index contributed by atoms with van der Waals surface area (Å²) < 4.78 is 44.1. The molecule has 1 aliphatic rings. The summed E-state index contributed by atoms with van der Waals surface area (Å²) in [5, 5.41) is 7.19. The van der Waals surface area contributed by atoms with Gasteiger partial charge in [0.05, 0.1) is 12.2 Å². The van der Waals surface area contributed by atoms with Crippen LogP contribution in [0.5, 0.6) is 5.75 Å². The molecule has 0 atom stereocenters. The Bertz CT molecular complexity index is 496. The number of halogens is 3. The van der Waals surface area contributed by atoms with Gasteiger partial charge in [0, 0.05) is 5.56 Å². The molecule has 2 rings (SSSR count). The summed E-state index contributed by atoms with van der Waals surface area (Å²) in [6, 6.07) is 3.52. The fraction of sp³-hybridized carbons (Fsp3) is 0.500. The van der Waals surface area contributed by atoms with Gasteiger partial charge in [0.1, 0.15) is 11.6 Å². The van der Waals surface area contributed by atoms with Crippen LogP contribution in [0.3, 0.4) is 0 Å². The maximum absolute atomic E-state index is 12.9. The second-order valence-corrected chi connectivity index (χ2v) is 5.05. The normalized spacial score (nSPS) is 15.8. The van der Waals surface area contributed by atoms with Gasteiger partial charge in [-0.25, -0.2) is 0 Å². The minimum Gasteiger partial charge on any atom is -0.494 e. The molecule has 1 aliphatic carbocycles. The Morgan fingerprint density at radius 2 is 2.05 bits per heavy atom. The molecule has 0 bridgehead atoms. The highest BCUT2D eigenvalue weighted by Crippen LogP contribution is 2.34. The third kappa shape index (κ3) is 3.43. The van der Waals surface area contributed by atoms with Crippen molar-refractivity contribution in [3.63, 3.8) is 0 Å². The van der Waals surface area contributed by atoms with Gasteiger partial charge in [0.15, 0.2) is 0 Å². The van der Waals surface area contributed by atoms with Crippen LogP contribution in [0, 0.1) is 11.3 Å². The van der Waals surface area contributed by atoms with Crippen LogP contribution in [0.4, 0.5) is 13.2 Å². The van der Waals surface area contributed by atoms with Gasteiger partial charge < -0.3 is 10.5 Å². The molecule has 0 spiro atoms. The molecule has 3 nitrogen and oxygen atoms in total. The van der Waals surface area contributed by atoms with Crippen molar-refractivity contribution in [3.05, 3.63) is 29.3 Å². The van der Waals surface area contributed by atoms with E-state index in [0.717, 1.165) is 12.5 Å². The Labute approximate surface area is 115 Å². The standard InChI is InChI=1S/C14H17F3N2O/c15-14(16,17)12-8-10(4-5-11(12)13(18)19)20-7-6-9-2-1-3-9/h4-5,8-9H,1-3,6-7H2,(H3,18,19). The molecule has 3 N–H and O–H groups in total. The van der Waals surface area contributed by atoms with E-state index in [1.54, 1.807) is 0 Å². The number of rotatable bonds is 5. The van der Waals surface area contributed by atoms with Crippen molar-refractivity contribution >= 4 is 5.84 Å². The lowest BCUT2D eigenvalue weighted by Crippen LogP contribution is -2.19. The van der Waals surface area contributed by atoms with Crippen molar-refractivity contribution in [2.24, 2.45) is 11.7 Å². The lowest BCUT2D eigenvalue weighted by molar-refractivity contribution is -0.137. The third-order valence-electron chi connectivity index (χ3n) is 3.61. The molecule has 1 aromatic rings. The van der Waals surface area contributed by atoms with E-state index in [4.69, 9.17) is 15.9 Å². The first-order valence-electron chi connectivity index (χ1n) is 6.56. The van der Waals surface area contributed by atoms with Gasteiger partial charge in [-0.3, -0.25) is 5.41 Å². The highest BCUT2D eigenvalue weighted by atomic mass is 19.4. The zero-order valence-corrected chi connectivity index (χ0v) is 11.0. The number of nitrogens with one attached hydrogen (secondary N) is 1. The van der Waals surface area contributed by atoms with Gasteiger partial charge in [0.2, 0.25) is 0 Å². The van der Waals surface area contributed by atoms with Crippen LogP contribution in [-0.4, -0.2) is 12.4 Å². The maximum Gasteiger partial charge on any atom is 0.417 e. The molecule has 1 saturated carbocycles. The van der Waals surface area contributed by atoms with Crippen LogP contribution < -0.4 is 10.5 Å². The maximum atomic E-state index is 12.9. The number of nitrogen functional groups attached to an aromatic ring is 1. The van der Waals surface area contributed by atoms with Gasteiger partial charge in [0.25, 0.3) is 0 Å². The van der Waals surface area contributed by atoms with Gasteiger partial charge in [-0.2, -0.15) is 13.2 Å². The van der Waals surface area contributed by atoms with Gasteiger partial charge >= 0.3 is 6.18 Å². The van der Waals surface area contributed by atoms with Crippen molar-refractivity contribution in [3.8, 4) is 5.75 Å². The Morgan fingerprint density at radius 1 is 1.35 bits per heavy atom. The zero-order valence-electron chi connectivity index (χ0n) is 11.0. The molecular formula is C14H17F3N2O. The van der Waals surface area contributed by atoms with E-state index < -0.39 is 17.6 Å². The third-order valence-corrected chi connectivity index (χ3v) is 3.61. The van der Waals surface area contributed by atoms with Crippen LogP contribution in [0.25, 0.3) is 0 Å². The van der Waals surface area contributed by atoms with E-state index >= 15 is 0 Å². The number of hydrogen-bond acceptors (Lipinski definition) is 2. The lowest BCUT2D eigenvalue weighted by atomic mass is 9.83. The minimum absolute atomic E-state index is 0.168. The number of alkyl halides is 3. The predicted molar refractivity (Wildman–Crippen MR) is 69.9 cm³/mol. The van der Waals surface area contributed by atoms with Crippen molar-refractivity contribution < 1.29 is 17.9 Å². The van der Waals surface area contributed by atoms with Crippen LogP contribution >= 0.6 is 0 Å². The smallest absolute Gasteiger partial charge is 0.417 e. The Kier molecular flexibility index (Phi) is 4.20. The van der Waals surface area contributed by atoms with Crippen LogP contribution in [0.2, 0.25) is 0 Å². The first-order valence-corrected chi connectivity index (χ1v) is 6.56. The first-order chi connectivity index (χ1) is 9.38. The summed E-state index contributed by atoms with van der Waals surface area (Å²) in [5.41, 5.74) is 3.93. The van der Waals surface area contributed by atoms with Crippen molar-refractivity contribution in [1.82, 2.24) is 0 Å². The van der Waals surface area contributed by atoms with E-state index in [0.29, 0.717) is 12.5 Å². The molecule has 6 heteroatoms. The molecule has 0 unspecified atom stereocenters. The van der Waals surface area contributed by atoms with Crippen molar-refractivity contribution in [1.29, 1.82) is 5.41 Å². The van der Waals surface area contributed by atoms with E-state index in [-0.39, 0.29) is 11.3 Å². The topological polar surface area (TPSA) is 59.1 Å². The highest BCUT2D eigenvalue weighted by Gasteiger charge is 2.34. The molecule has 1 fully saturated rings. The molecule has 0 aliphatic heterocycles. The fourth-order valence-corrected chi connectivity index (χ4v) is 2.21. The molecule has 0 radical (unpaired) electrons. The lowest BCUT2D eigenvalue weighted by Gasteiger charge is -2.25. The SMILES string of the molecule is N=C(N)c1ccc(OCCC2CCC2)cc1C(F)(F)F. The molecule has 110 valence electrons. The van der Waals surface area contributed by atoms with Crippen molar-refractivity contribution in [2.45, 2.75) is 31.9 Å². The molecule has 0 amide bonds. The Balaban J connectivity index is 2.08. The summed E-state index contributed by atoms with van der Waals surface area (Å²) in [7, 11) is 0. The summed E-state index contributed by atoms with van der Waals surface area (Å²) in [6.45, 7) is 0.418. The average Bonchev–Trinajstić information content (AvgIpc) is 2.31. The molecular weight excluding hydrogens is 269 g/mol. The largest absolute Gasteiger partial charge is 0.494 e. The number of nitrogens with two attached hydrogens (primary N) is 1. The Morgan fingerprint density at radius 3 is 2.55 bits per heavy atom. The summed E-state index contributed by atoms with van der Waals surface area (Å²) in [4.78, 5) is 0. The quantitative estimate of drug-likeness (QED) is 0.642. The zero-order chi connectivity index (χ0) is 14.8. The fourth-order valence-electron chi connectivity index (χ4n) is 2.21. The van der Waals surface area contributed by atoms with E-state index in [2.05, 4.69) is 0 Å². The number of amidine groups is 1. The second-order valence-electron chi connectivity index (χ2n) is 5.05. The molecule has 20 heavy (non-hydrogen) atoms. The molecule has 0 saturated heterocycles. The van der Waals surface area contributed by atoms with E-state index in [9.17, 15) is 13.2 Å².